The molecular weight excluding hydrogens is 280 g/mol. The Morgan fingerprint density at radius 3 is 2.73 bits per heavy atom. The van der Waals surface area contributed by atoms with Gasteiger partial charge < -0.3 is 10.0 Å². The Balaban J connectivity index is 2.24. The number of aromatic nitrogens is 1. The molecule has 2 rings (SSSR count). The first-order chi connectivity index (χ1) is 10.5. The van der Waals surface area contributed by atoms with Gasteiger partial charge in [-0.05, 0) is 30.2 Å². The predicted molar refractivity (Wildman–Crippen MR) is 84.7 cm³/mol. The molecule has 5 heteroatoms. The largest absolute Gasteiger partial charge is 0.481 e. The van der Waals surface area contributed by atoms with Crippen LogP contribution >= 0.6 is 0 Å². The standard InChI is InChI=1S/C17H20N2O3/c1-12(2)11-19(9-7-16(20)21)17(22)14-5-6-15-13(10-14)4-3-8-18-15/h3-6,8,10,12H,7,9,11H2,1-2H3,(H,20,21). The first kappa shape index (κ1) is 15.9. The topological polar surface area (TPSA) is 70.5 Å². The smallest absolute Gasteiger partial charge is 0.305 e. The number of hydrogen-bond acceptors (Lipinski definition) is 3. The summed E-state index contributed by atoms with van der Waals surface area (Å²) in [5.41, 5.74) is 1.39. The molecule has 5 nitrogen and oxygen atoms in total. The highest BCUT2D eigenvalue weighted by atomic mass is 16.4. The number of carboxylic acid groups (broad SMARTS) is 1. The molecule has 0 spiro atoms. The van der Waals surface area contributed by atoms with E-state index in [-0.39, 0.29) is 24.8 Å². The number of nitrogens with zero attached hydrogens (tertiary/aromatic N) is 2. The summed E-state index contributed by atoms with van der Waals surface area (Å²) in [4.78, 5) is 29.3. The molecule has 0 aliphatic rings. The van der Waals surface area contributed by atoms with Crippen LogP contribution in [0.4, 0.5) is 0 Å². The van der Waals surface area contributed by atoms with Gasteiger partial charge >= 0.3 is 5.97 Å². The first-order valence-corrected chi connectivity index (χ1v) is 7.33. The van der Waals surface area contributed by atoms with Crippen LogP contribution in [0.2, 0.25) is 0 Å². The molecule has 0 atom stereocenters. The fourth-order valence-electron chi connectivity index (χ4n) is 2.34. The van der Waals surface area contributed by atoms with Gasteiger partial charge in [-0.3, -0.25) is 14.6 Å². The molecule has 116 valence electrons. The Kier molecular flexibility index (Phi) is 5.09. The van der Waals surface area contributed by atoms with Gasteiger partial charge in [-0.1, -0.05) is 19.9 Å². The van der Waals surface area contributed by atoms with Crippen LogP contribution in [0.5, 0.6) is 0 Å². The maximum atomic E-state index is 12.6. The molecule has 1 heterocycles. The molecule has 0 saturated carbocycles. The molecule has 1 aromatic heterocycles. The Morgan fingerprint density at radius 2 is 2.05 bits per heavy atom. The summed E-state index contributed by atoms with van der Waals surface area (Å²) in [5.74, 6) is -0.759. The molecule has 22 heavy (non-hydrogen) atoms. The van der Waals surface area contributed by atoms with E-state index in [2.05, 4.69) is 4.98 Å². The minimum atomic E-state index is -0.899. The second kappa shape index (κ2) is 7.02. The van der Waals surface area contributed by atoms with E-state index in [0.29, 0.717) is 12.1 Å². The zero-order chi connectivity index (χ0) is 16.1. The SMILES string of the molecule is CC(C)CN(CCC(=O)O)C(=O)c1ccc2ncccc2c1. The number of carbonyl (C=O) groups excluding carboxylic acids is 1. The van der Waals surface area contributed by atoms with E-state index in [9.17, 15) is 9.59 Å². The van der Waals surface area contributed by atoms with Crippen molar-refractivity contribution < 1.29 is 14.7 Å². The van der Waals surface area contributed by atoms with Gasteiger partial charge in [0.2, 0.25) is 0 Å². The molecule has 2 aromatic rings. The number of hydrogen-bond donors (Lipinski definition) is 1. The fourth-order valence-corrected chi connectivity index (χ4v) is 2.34. The van der Waals surface area contributed by atoms with E-state index in [1.165, 1.54) is 0 Å². The van der Waals surface area contributed by atoms with E-state index in [1.54, 1.807) is 23.2 Å². The molecule has 0 fully saturated rings. The second-order valence-corrected chi connectivity index (χ2v) is 5.70. The lowest BCUT2D eigenvalue weighted by molar-refractivity contribution is -0.137. The van der Waals surface area contributed by atoms with Crippen LogP contribution in [-0.4, -0.2) is 40.0 Å². The molecule has 0 saturated heterocycles. The van der Waals surface area contributed by atoms with E-state index >= 15 is 0 Å². The third-order valence-corrected chi connectivity index (χ3v) is 3.32. The third kappa shape index (κ3) is 4.04. The van der Waals surface area contributed by atoms with Gasteiger partial charge in [-0.25, -0.2) is 0 Å². The summed E-state index contributed by atoms with van der Waals surface area (Å²) >= 11 is 0. The van der Waals surface area contributed by atoms with Gasteiger partial charge in [-0.2, -0.15) is 0 Å². The Bertz CT molecular complexity index is 682. The van der Waals surface area contributed by atoms with Gasteiger partial charge in [0.05, 0.1) is 11.9 Å². The number of fused-ring (bicyclic) bond motifs is 1. The Labute approximate surface area is 129 Å². The van der Waals surface area contributed by atoms with Crippen molar-refractivity contribution in [2.75, 3.05) is 13.1 Å². The highest BCUT2D eigenvalue weighted by molar-refractivity contribution is 5.98. The molecule has 1 amide bonds. The van der Waals surface area contributed by atoms with E-state index in [4.69, 9.17) is 5.11 Å². The minimum Gasteiger partial charge on any atom is -0.481 e. The van der Waals surface area contributed by atoms with E-state index < -0.39 is 5.97 Å². The van der Waals surface area contributed by atoms with Crippen molar-refractivity contribution in [3.63, 3.8) is 0 Å². The number of carboxylic acids is 1. The average Bonchev–Trinajstić information content (AvgIpc) is 2.49. The van der Waals surface area contributed by atoms with Crippen molar-refractivity contribution >= 4 is 22.8 Å². The van der Waals surface area contributed by atoms with Crippen molar-refractivity contribution in [1.82, 2.24) is 9.88 Å². The number of rotatable bonds is 6. The minimum absolute atomic E-state index is 0.0480. The third-order valence-electron chi connectivity index (χ3n) is 3.32. The first-order valence-electron chi connectivity index (χ1n) is 7.33. The molecule has 0 aliphatic carbocycles. The normalized spacial score (nSPS) is 10.9. The van der Waals surface area contributed by atoms with Crippen LogP contribution in [0.1, 0.15) is 30.6 Å². The van der Waals surface area contributed by atoms with Crippen LogP contribution in [-0.2, 0) is 4.79 Å². The van der Waals surface area contributed by atoms with Crippen molar-refractivity contribution in [2.24, 2.45) is 5.92 Å². The fraction of sp³-hybridized carbons (Fsp3) is 0.353. The Morgan fingerprint density at radius 1 is 1.27 bits per heavy atom. The molecule has 1 N–H and O–H groups in total. The lowest BCUT2D eigenvalue weighted by Crippen LogP contribution is -2.36. The lowest BCUT2D eigenvalue weighted by atomic mass is 10.1. The number of benzene rings is 1. The van der Waals surface area contributed by atoms with Crippen LogP contribution in [0.15, 0.2) is 36.5 Å². The van der Waals surface area contributed by atoms with E-state index in [0.717, 1.165) is 10.9 Å². The van der Waals surface area contributed by atoms with Crippen molar-refractivity contribution in [2.45, 2.75) is 20.3 Å². The summed E-state index contributed by atoms with van der Waals surface area (Å²) in [6.45, 7) is 4.77. The Hall–Kier alpha value is -2.43. The van der Waals surface area contributed by atoms with Crippen molar-refractivity contribution in [3.05, 3.63) is 42.1 Å². The summed E-state index contributed by atoms with van der Waals surface area (Å²) in [7, 11) is 0. The van der Waals surface area contributed by atoms with Gasteiger partial charge in [0.25, 0.3) is 5.91 Å². The lowest BCUT2D eigenvalue weighted by Gasteiger charge is -2.24. The summed E-state index contributed by atoms with van der Waals surface area (Å²) in [6, 6.07) is 9.09. The number of pyridine rings is 1. The highest BCUT2D eigenvalue weighted by Crippen LogP contribution is 2.16. The number of aliphatic carboxylic acids is 1. The predicted octanol–water partition coefficient (Wildman–Crippen LogP) is 2.81. The van der Waals surface area contributed by atoms with Gasteiger partial charge in [-0.15, -0.1) is 0 Å². The van der Waals surface area contributed by atoms with Gasteiger partial charge in [0, 0.05) is 30.2 Å². The van der Waals surface area contributed by atoms with Crippen LogP contribution in [0.25, 0.3) is 10.9 Å². The molecule has 1 aromatic carbocycles. The zero-order valence-electron chi connectivity index (χ0n) is 12.8. The van der Waals surface area contributed by atoms with E-state index in [1.807, 2.05) is 32.0 Å². The second-order valence-electron chi connectivity index (χ2n) is 5.70. The quantitative estimate of drug-likeness (QED) is 0.890. The molecular formula is C17H20N2O3. The molecule has 0 radical (unpaired) electrons. The van der Waals surface area contributed by atoms with Crippen LogP contribution < -0.4 is 0 Å². The van der Waals surface area contributed by atoms with Crippen molar-refractivity contribution in [1.29, 1.82) is 0 Å². The monoisotopic (exact) mass is 300 g/mol. The highest BCUT2D eigenvalue weighted by Gasteiger charge is 2.18. The molecule has 0 bridgehead atoms. The maximum absolute atomic E-state index is 12.6. The molecule has 0 unspecified atom stereocenters. The maximum Gasteiger partial charge on any atom is 0.305 e. The average molecular weight is 300 g/mol. The molecule has 0 aliphatic heterocycles. The summed E-state index contributed by atoms with van der Waals surface area (Å²) in [5, 5.41) is 9.74. The number of amides is 1. The van der Waals surface area contributed by atoms with Gasteiger partial charge in [0.1, 0.15) is 0 Å². The number of carbonyl (C=O) groups is 2. The zero-order valence-corrected chi connectivity index (χ0v) is 12.8. The van der Waals surface area contributed by atoms with Gasteiger partial charge in [0.15, 0.2) is 0 Å². The van der Waals surface area contributed by atoms with Crippen molar-refractivity contribution in [3.8, 4) is 0 Å². The van der Waals surface area contributed by atoms with Crippen LogP contribution in [0.3, 0.4) is 0 Å². The summed E-state index contributed by atoms with van der Waals surface area (Å²) in [6.07, 6.45) is 1.66. The summed E-state index contributed by atoms with van der Waals surface area (Å²) < 4.78 is 0. The van der Waals surface area contributed by atoms with Crippen LogP contribution in [0, 0.1) is 5.92 Å².